The highest BCUT2D eigenvalue weighted by Gasteiger charge is 2.13. The van der Waals surface area contributed by atoms with Crippen molar-refractivity contribution in [3.8, 4) is 0 Å². The van der Waals surface area contributed by atoms with E-state index in [1.807, 2.05) is 0 Å². The van der Waals surface area contributed by atoms with Gasteiger partial charge in [-0.05, 0) is 24.1 Å². The van der Waals surface area contributed by atoms with Crippen LogP contribution in [0.2, 0.25) is 0 Å². The van der Waals surface area contributed by atoms with Gasteiger partial charge in [-0.25, -0.2) is 8.78 Å². The Labute approximate surface area is 115 Å². The third-order valence-corrected chi connectivity index (χ3v) is 2.76. The molecule has 1 aromatic carbocycles. The van der Waals surface area contributed by atoms with Crippen LogP contribution < -0.4 is 5.32 Å². The molecule has 0 spiro atoms. The summed E-state index contributed by atoms with van der Waals surface area (Å²) in [5.41, 5.74) is 0.415. The highest BCUT2D eigenvalue weighted by molar-refractivity contribution is 6.17. The molecule has 0 saturated carbocycles. The molecular formula is C13H16ClF2NO2. The standard InChI is InChI=1S/C13H16ClF2NO2/c1-19-8-10(4-5-14)17-13(18)7-9-2-3-11(15)12(16)6-9/h2-3,6,10H,4-5,7-8H2,1H3,(H,17,18). The van der Waals surface area contributed by atoms with Crippen LogP contribution in [-0.4, -0.2) is 31.5 Å². The Morgan fingerprint density at radius 3 is 2.74 bits per heavy atom. The van der Waals surface area contributed by atoms with E-state index < -0.39 is 11.6 Å². The van der Waals surface area contributed by atoms with E-state index in [0.29, 0.717) is 24.5 Å². The number of carbonyl (C=O) groups excluding carboxylic acids is 1. The van der Waals surface area contributed by atoms with Gasteiger partial charge < -0.3 is 10.1 Å². The quantitative estimate of drug-likeness (QED) is 0.783. The second-order valence-corrected chi connectivity index (χ2v) is 4.50. The minimum atomic E-state index is -0.959. The maximum atomic E-state index is 13.0. The molecule has 1 amide bonds. The summed E-state index contributed by atoms with van der Waals surface area (Å²) < 4.78 is 30.7. The van der Waals surface area contributed by atoms with Crippen LogP contribution in [-0.2, 0) is 16.0 Å². The summed E-state index contributed by atoms with van der Waals surface area (Å²) in [6, 6.07) is 3.22. The summed E-state index contributed by atoms with van der Waals surface area (Å²) in [6.45, 7) is 0.357. The van der Waals surface area contributed by atoms with Crippen molar-refractivity contribution in [2.75, 3.05) is 19.6 Å². The summed E-state index contributed by atoms with van der Waals surface area (Å²) in [5.74, 6) is -1.76. The van der Waals surface area contributed by atoms with Crippen LogP contribution in [0.15, 0.2) is 18.2 Å². The number of benzene rings is 1. The number of hydrogen-bond acceptors (Lipinski definition) is 2. The lowest BCUT2D eigenvalue weighted by Crippen LogP contribution is -2.39. The first kappa shape index (κ1) is 15.9. The second-order valence-electron chi connectivity index (χ2n) is 4.12. The molecule has 106 valence electrons. The smallest absolute Gasteiger partial charge is 0.224 e. The highest BCUT2D eigenvalue weighted by Crippen LogP contribution is 2.09. The summed E-state index contributed by atoms with van der Waals surface area (Å²) >= 11 is 5.62. The van der Waals surface area contributed by atoms with Gasteiger partial charge in [-0.3, -0.25) is 4.79 Å². The van der Waals surface area contributed by atoms with Crippen molar-refractivity contribution in [3.63, 3.8) is 0 Å². The SMILES string of the molecule is COCC(CCCl)NC(=O)Cc1ccc(F)c(F)c1. The Bertz CT molecular complexity index is 423. The van der Waals surface area contributed by atoms with E-state index >= 15 is 0 Å². The number of rotatable bonds is 7. The Balaban J connectivity index is 2.55. The molecule has 19 heavy (non-hydrogen) atoms. The average molecular weight is 292 g/mol. The minimum Gasteiger partial charge on any atom is -0.383 e. The van der Waals surface area contributed by atoms with Gasteiger partial charge in [0.25, 0.3) is 0 Å². The van der Waals surface area contributed by atoms with Crippen LogP contribution in [0.5, 0.6) is 0 Å². The van der Waals surface area contributed by atoms with Crippen LogP contribution in [0.25, 0.3) is 0 Å². The van der Waals surface area contributed by atoms with Crippen LogP contribution in [0, 0.1) is 11.6 Å². The van der Waals surface area contributed by atoms with Gasteiger partial charge in [0.05, 0.1) is 19.1 Å². The number of hydrogen-bond donors (Lipinski definition) is 1. The molecular weight excluding hydrogens is 276 g/mol. The molecule has 0 aliphatic carbocycles. The molecule has 0 fully saturated rings. The van der Waals surface area contributed by atoms with Crippen molar-refractivity contribution in [2.24, 2.45) is 0 Å². The molecule has 0 radical (unpaired) electrons. The van der Waals surface area contributed by atoms with Gasteiger partial charge in [0.15, 0.2) is 11.6 Å². The number of nitrogens with one attached hydrogen (secondary N) is 1. The maximum Gasteiger partial charge on any atom is 0.224 e. The van der Waals surface area contributed by atoms with Gasteiger partial charge in [-0.2, -0.15) is 0 Å². The number of halogens is 3. The number of alkyl halides is 1. The largest absolute Gasteiger partial charge is 0.383 e. The highest BCUT2D eigenvalue weighted by atomic mass is 35.5. The number of ether oxygens (including phenoxy) is 1. The number of amides is 1. The van der Waals surface area contributed by atoms with Crippen LogP contribution in [0.1, 0.15) is 12.0 Å². The molecule has 1 unspecified atom stereocenters. The molecule has 3 nitrogen and oxygen atoms in total. The van der Waals surface area contributed by atoms with Crippen LogP contribution in [0.3, 0.4) is 0 Å². The van der Waals surface area contributed by atoms with E-state index in [9.17, 15) is 13.6 Å². The molecule has 0 saturated heterocycles. The topological polar surface area (TPSA) is 38.3 Å². The normalized spacial score (nSPS) is 12.2. The molecule has 6 heteroatoms. The van der Waals surface area contributed by atoms with E-state index in [1.54, 1.807) is 0 Å². The molecule has 0 heterocycles. The Hall–Kier alpha value is -1.20. The van der Waals surface area contributed by atoms with E-state index in [0.717, 1.165) is 12.1 Å². The first-order chi connectivity index (χ1) is 9.06. The average Bonchev–Trinajstić information content (AvgIpc) is 2.34. The van der Waals surface area contributed by atoms with Crippen LogP contribution >= 0.6 is 11.6 Å². The van der Waals surface area contributed by atoms with Crippen molar-refractivity contribution in [3.05, 3.63) is 35.4 Å². The Morgan fingerprint density at radius 1 is 1.42 bits per heavy atom. The lowest BCUT2D eigenvalue weighted by molar-refractivity contribution is -0.121. The Morgan fingerprint density at radius 2 is 2.16 bits per heavy atom. The van der Waals surface area contributed by atoms with Gasteiger partial charge >= 0.3 is 0 Å². The van der Waals surface area contributed by atoms with Gasteiger partial charge in [-0.1, -0.05) is 6.07 Å². The molecule has 0 aromatic heterocycles. The number of carbonyl (C=O) groups is 1. The fourth-order valence-corrected chi connectivity index (χ4v) is 1.91. The lowest BCUT2D eigenvalue weighted by atomic mass is 10.1. The predicted molar refractivity (Wildman–Crippen MR) is 69.2 cm³/mol. The minimum absolute atomic E-state index is 0.0142. The predicted octanol–water partition coefficient (Wildman–Crippen LogP) is 2.27. The molecule has 1 aromatic rings. The van der Waals surface area contributed by atoms with Crippen molar-refractivity contribution in [1.29, 1.82) is 0 Å². The summed E-state index contributed by atoms with van der Waals surface area (Å²) in [4.78, 5) is 11.7. The zero-order valence-corrected chi connectivity index (χ0v) is 11.3. The second kappa shape index (κ2) is 8.07. The summed E-state index contributed by atoms with van der Waals surface area (Å²) in [6.07, 6.45) is 0.568. The first-order valence-electron chi connectivity index (χ1n) is 5.85. The van der Waals surface area contributed by atoms with Crippen molar-refractivity contribution in [2.45, 2.75) is 18.9 Å². The van der Waals surface area contributed by atoms with Crippen LogP contribution in [0.4, 0.5) is 8.78 Å². The molecule has 1 N–H and O–H groups in total. The van der Waals surface area contributed by atoms with Crippen molar-refractivity contribution in [1.82, 2.24) is 5.32 Å². The lowest BCUT2D eigenvalue weighted by Gasteiger charge is -2.16. The molecule has 1 atom stereocenters. The molecule has 0 aliphatic heterocycles. The van der Waals surface area contributed by atoms with E-state index in [2.05, 4.69) is 5.32 Å². The third kappa shape index (κ3) is 5.53. The van der Waals surface area contributed by atoms with Crippen molar-refractivity contribution < 1.29 is 18.3 Å². The molecule has 0 bridgehead atoms. The van der Waals surface area contributed by atoms with Gasteiger partial charge in [0.2, 0.25) is 5.91 Å². The maximum absolute atomic E-state index is 13.0. The fourth-order valence-electron chi connectivity index (χ4n) is 1.64. The van der Waals surface area contributed by atoms with Gasteiger partial charge in [0, 0.05) is 13.0 Å². The first-order valence-corrected chi connectivity index (χ1v) is 6.38. The number of methoxy groups -OCH3 is 1. The van der Waals surface area contributed by atoms with E-state index in [-0.39, 0.29) is 18.4 Å². The monoisotopic (exact) mass is 291 g/mol. The van der Waals surface area contributed by atoms with E-state index in [1.165, 1.54) is 13.2 Å². The van der Waals surface area contributed by atoms with Gasteiger partial charge in [-0.15, -0.1) is 11.6 Å². The Kier molecular flexibility index (Phi) is 6.73. The molecule has 1 rings (SSSR count). The molecule has 0 aliphatic rings. The fraction of sp³-hybridized carbons (Fsp3) is 0.462. The zero-order chi connectivity index (χ0) is 14.3. The summed E-state index contributed by atoms with van der Waals surface area (Å²) in [5, 5.41) is 2.74. The van der Waals surface area contributed by atoms with Gasteiger partial charge in [0.1, 0.15) is 0 Å². The summed E-state index contributed by atoms with van der Waals surface area (Å²) in [7, 11) is 1.53. The zero-order valence-electron chi connectivity index (χ0n) is 10.6. The van der Waals surface area contributed by atoms with Crippen molar-refractivity contribution >= 4 is 17.5 Å². The third-order valence-electron chi connectivity index (χ3n) is 2.54. The van der Waals surface area contributed by atoms with E-state index in [4.69, 9.17) is 16.3 Å².